The zero-order valence-corrected chi connectivity index (χ0v) is 20.7. The zero-order chi connectivity index (χ0) is 26.2. The first kappa shape index (κ1) is 23.8. The third-order valence-electron chi connectivity index (χ3n) is 6.94. The van der Waals surface area contributed by atoms with Crippen molar-refractivity contribution in [3.05, 3.63) is 90.1 Å². The van der Waals surface area contributed by atoms with E-state index >= 15 is 0 Å². The van der Waals surface area contributed by atoms with Gasteiger partial charge in [0, 0.05) is 68.9 Å². The molecule has 38 heavy (non-hydrogen) atoms. The van der Waals surface area contributed by atoms with Crippen molar-refractivity contribution in [2.75, 3.05) is 31.1 Å². The number of imidazole rings is 1. The lowest BCUT2D eigenvalue weighted by atomic mass is 10.1. The lowest BCUT2D eigenvalue weighted by Gasteiger charge is -2.35. The summed E-state index contributed by atoms with van der Waals surface area (Å²) in [6, 6.07) is 14.1. The number of benzene rings is 1. The number of nitrogens with zero attached hydrogens (tertiary/aromatic N) is 8. The second-order valence-corrected chi connectivity index (χ2v) is 9.35. The molecule has 1 aliphatic heterocycles. The average molecular weight is 511 g/mol. The van der Waals surface area contributed by atoms with Crippen molar-refractivity contribution >= 4 is 11.5 Å². The molecule has 1 aromatic carbocycles. The number of piperazine rings is 1. The summed E-state index contributed by atoms with van der Waals surface area (Å²) in [6.07, 6.45) is 7.11. The lowest BCUT2D eigenvalue weighted by molar-refractivity contribution is 0.242. The quantitative estimate of drug-likeness (QED) is 0.352. The molecule has 0 bridgehead atoms. The van der Waals surface area contributed by atoms with Crippen LogP contribution in [0.3, 0.4) is 0 Å². The van der Waals surface area contributed by atoms with Crippen molar-refractivity contribution in [3.8, 4) is 28.5 Å². The number of aromatic nitrogens is 5. The van der Waals surface area contributed by atoms with E-state index in [9.17, 15) is 14.0 Å². The van der Waals surface area contributed by atoms with Gasteiger partial charge in [-0.2, -0.15) is 10.4 Å². The van der Waals surface area contributed by atoms with Crippen molar-refractivity contribution in [2.45, 2.75) is 6.54 Å². The first-order valence-corrected chi connectivity index (χ1v) is 12.3. The molecule has 0 spiro atoms. The largest absolute Gasteiger partial charge is 0.354 e. The van der Waals surface area contributed by atoms with Gasteiger partial charge in [-0.25, -0.2) is 18.7 Å². The number of nitriles is 1. The smallest absolute Gasteiger partial charge is 0.145 e. The van der Waals surface area contributed by atoms with Crippen molar-refractivity contribution < 1.29 is 8.78 Å². The average Bonchev–Trinajstić information content (AvgIpc) is 3.57. The van der Waals surface area contributed by atoms with Gasteiger partial charge in [-0.1, -0.05) is 6.07 Å². The second kappa shape index (κ2) is 9.68. The first-order valence-electron chi connectivity index (χ1n) is 12.3. The SMILES string of the molecule is Cn1cc(-c2cc(-c3ccc(N4CCN(Cc5c(F)cccc5F)CC4)nc3)n3c(C#N)cnc3c2)cn1. The summed E-state index contributed by atoms with van der Waals surface area (Å²) in [6.45, 7) is 2.98. The topological polar surface area (TPSA) is 78.3 Å². The summed E-state index contributed by atoms with van der Waals surface area (Å²) < 4.78 is 31.7. The van der Waals surface area contributed by atoms with Crippen LogP contribution in [0.25, 0.3) is 28.0 Å². The zero-order valence-electron chi connectivity index (χ0n) is 20.7. The number of anilines is 1. The second-order valence-electron chi connectivity index (χ2n) is 9.35. The molecule has 1 saturated heterocycles. The fourth-order valence-electron chi connectivity index (χ4n) is 4.91. The van der Waals surface area contributed by atoms with Crippen LogP contribution in [0.5, 0.6) is 0 Å². The Morgan fingerprint density at radius 2 is 1.68 bits per heavy atom. The number of aryl methyl sites for hydroxylation is 1. The van der Waals surface area contributed by atoms with E-state index in [1.165, 1.54) is 18.2 Å². The maximum atomic E-state index is 14.1. The van der Waals surface area contributed by atoms with Crippen LogP contribution in [0.4, 0.5) is 14.6 Å². The highest BCUT2D eigenvalue weighted by atomic mass is 19.1. The van der Waals surface area contributed by atoms with Gasteiger partial charge in [0.25, 0.3) is 0 Å². The third kappa shape index (κ3) is 4.37. The molecule has 0 N–H and O–H groups in total. The highest BCUT2D eigenvalue weighted by molar-refractivity contribution is 5.75. The van der Waals surface area contributed by atoms with Gasteiger partial charge in [-0.15, -0.1) is 0 Å². The predicted octanol–water partition coefficient (Wildman–Crippen LogP) is 4.27. The Bertz CT molecular complexity index is 1640. The van der Waals surface area contributed by atoms with Gasteiger partial charge >= 0.3 is 0 Å². The van der Waals surface area contributed by atoms with E-state index in [1.54, 1.807) is 23.3 Å². The molecular weight excluding hydrogens is 486 g/mol. The normalized spacial score (nSPS) is 14.2. The highest BCUT2D eigenvalue weighted by Crippen LogP contribution is 2.30. The van der Waals surface area contributed by atoms with Crippen molar-refractivity contribution in [3.63, 3.8) is 0 Å². The Morgan fingerprint density at radius 3 is 2.34 bits per heavy atom. The van der Waals surface area contributed by atoms with E-state index in [0.29, 0.717) is 37.5 Å². The molecule has 5 aromatic rings. The van der Waals surface area contributed by atoms with E-state index in [2.05, 4.69) is 26.0 Å². The third-order valence-corrected chi connectivity index (χ3v) is 6.94. The molecule has 1 fully saturated rings. The first-order chi connectivity index (χ1) is 18.5. The van der Waals surface area contributed by atoms with Crippen LogP contribution >= 0.6 is 0 Å². The lowest BCUT2D eigenvalue weighted by Crippen LogP contribution is -2.46. The van der Waals surface area contributed by atoms with Gasteiger partial charge < -0.3 is 4.90 Å². The summed E-state index contributed by atoms with van der Waals surface area (Å²) in [7, 11) is 1.87. The van der Waals surface area contributed by atoms with Crippen LogP contribution in [-0.2, 0) is 13.6 Å². The minimum atomic E-state index is -0.510. The predicted molar refractivity (Wildman–Crippen MR) is 139 cm³/mol. The van der Waals surface area contributed by atoms with Gasteiger partial charge in [0.05, 0.1) is 18.1 Å². The highest BCUT2D eigenvalue weighted by Gasteiger charge is 2.21. The summed E-state index contributed by atoms with van der Waals surface area (Å²) in [5.41, 5.74) is 4.79. The van der Waals surface area contributed by atoms with Gasteiger partial charge in [-0.3, -0.25) is 14.0 Å². The number of fused-ring (bicyclic) bond motifs is 1. The van der Waals surface area contributed by atoms with Crippen LogP contribution in [0.2, 0.25) is 0 Å². The monoisotopic (exact) mass is 510 g/mol. The van der Waals surface area contributed by atoms with Crippen molar-refractivity contribution in [2.24, 2.45) is 7.05 Å². The molecule has 5 heterocycles. The molecule has 0 saturated carbocycles. The van der Waals surface area contributed by atoms with Crippen LogP contribution < -0.4 is 4.90 Å². The molecule has 1 aliphatic rings. The van der Waals surface area contributed by atoms with Gasteiger partial charge in [0.1, 0.15) is 34.9 Å². The summed E-state index contributed by atoms with van der Waals surface area (Å²) >= 11 is 0. The number of rotatable bonds is 5. The molecule has 10 heteroatoms. The van der Waals surface area contributed by atoms with E-state index in [1.807, 2.05) is 41.9 Å². The van der Waals surface area contributed by atoms with E-state index in [4.69, 9.17) is 4.98 Å². The molecule has 4 aromatic heterocycles. The molecular formula is C28H24F2N8. The molecule has 6 rings (SSSR count). The van der Waals surface area contributed by atoms with Crippen LogP contribution in [-0.4, -0.2) is 55.2 Å². The van der Waals surface area contributed by atoms with Crippen molar-refractivity contribution in [1.82, 2.24) is 29.0 Å². The van der Waals surface area contributed by atoms with Crippen LogP contribution in [0.15, 0.2) is 67.3 Å². The van der Waals surface area contributed by atoms with E-state index in [-0.39, 0.29) is 12.1 Å². The molecule has 190 valence electrons. The van der Waals surface area contributed by atoms with Crippen LogP contribution in [0.1, 0.15) is 11.3 Å². The molecule has 8 nitrogen and oxygen atoms in total. The summed E-state index contributed by atoms with van der Waals surface area (Å²) in [5, 5.41) is 13.9. The number of pyridine rings is 2. The Labute approximate surface area is 218 Å². The Hall–Kier alpha value is -4.62. The minimum Gasteiger partial charge on any atom is -0.354 e. The number of hydrogen-bond donors (Lipinski definition) is 0. The summed E-state index contributed by atoms with van der Waals surface area (Å²) in [4.78, 5) is 13.4. The van der Waals surface area contributed by atoms with E-state index in [0.717, 1.165) is 28.2 Å². The number of hydrogen-bond acceptors (Lipinski definition) is 6. The molecule has 0 radical (unpaired) electrons. The molecule has 0 atom stereocenters. The Morgan fingerprint density at radius 1 is 0.895 bits per heavy atom. The van der Waals surface area contributed by atoms with Gasteiger partial charge in [0.15, 0.2) is 0 Å². The minimum absolute atomic E-state index is 0.111. The van der Waals surface area contributed by atoms with Gasteiger partial charge in [-0.05, 0) is 42.0 Å². The molecule has 0 unspecified atom stereocenters. The van der Waals surface area contributed by atoms with Crippen molar-refractivity contribution in [1.29, 1.82) is 5.26 Å². The molecule has 0 amide bonds. The maximum Gasteiger partial charge on any atom is 0.145 e. The standard InChI is InChI=1S/C28H24F2N8/c1-35-17-21(15-34-35)20-11-26(38-22(13-31)16-33-28(38)12-20)19-5-6-27(32-14-19)37-9-7-36(8-10-37)18-23-24(29)3-2-4-25(23)30/h2-6,11-12,14-17H,7-10,18H2,1H3. The Balaban J connectivity index is 1.23. The van der Waals surface area contributed by atoms with Crippen LogP contribution in [0, 0.1) is 23.0 Å². The number of halogens is 2. The Kier molecular flexibility index (Phi) is 6.05. The van der Waals surface area contributed by atoms with Gasteiger partial charge in [0.2, 0.25) is 0 Å². The fourth-order valence-corrected chi connectivity index (χ4v) is 4.91. The molecule has 0 aliphatic carbocycles. The maximum absolute atomic E-state index is 14.1. The fraction of sp³-hybridized carbons (Fsp3) is 0.214. The summed E-state index contributed by atoms with van der Waals surface area (Å²) in [5.74, 6) is -0.191. The van der Waals surface area contributed by atoms with E-state index < -0.39 is 11.6 Å².